The smallest absolute Gasteiger partial charge is 0.326 e. The number of primary sulfonamides is 1. The Bertz CT molecular complexity index is 1540. The maximum absolute atomic E-state index is 13.4. The van der Waals surface area contributed by atoms with Gasteiger partial charge in [-0.3, -0.25) is 4.90 Å². The number of hydrogen-bond donors (Lipinski definition) is 4. The van der Waals surface area contributed by atoms with Gasteiger partial charge in [0.25, 0.3) is 0 Å². The van der Waals surface area contributed by atoms with Crippen molar-refractivity contribution in [3.63, 3.8) is 0 Å². The lowest BCUT2D eigenvalue weighted by atomic mass is 10.1. The Morgan fingerprint density at radius 2 is 1.57 bits per heavy atom. The van der Waals surface area contributed by atoms with Crippen LogP contribution in [0, 0.1) is 0 Å². The van der Waals surface area contributed by atoms with Crippen molar-refractivity contribution in [2.24, 2.45) is 16.0 Å². The molecule has 0 saturated carbocycles. The Morgan fingerprint density at radius 3 is 2.24 bits per heavy atom. The minimum atomic E-state index is -3.90. The predicted octanol–water partition coefficient (Wildman–Crippen LogP) is 4.33. The lowest BCUT2D eigenvalue weighted by molar-refractivity contribution is 0.256. The van der Waals surface area contributed by atoms with E-state index in [4.69, 9.17) is 16.1 Å². The van der Waals surface area contributed by atoms with Gasteiger partial charge in [0, 0.05) is 22.5 Å². The van der Waals surface area contributed by atoms with Crippen LogP contribution >= 0.6 is 0 Å². The average molecular weight is 516 g/mol. The van der Waals surface area contributed by atoms with Crippen molar-refractivity contribution in [1.29, 1.82) is 0 Å². The highest BCUT2D eigenvalue weighted by Gasteiger charge is 2.18. The molecule has 0 radical (unpaired) electrons. The molecule has 10 heteroatoms. The van der Waals surface area contributed by atoms with Gasteiger partial charge in [-0.2, -0.15) is 0 Å². The summed E-state index contributed by atoms with van der Waals surface area (Å²) in [4.78, 5) is 15.0. The summed E-state index contributed by atoms with van der Waals surface area (Å²) in [7, 11) is -3.90. The number of amides is 2. The van der Waals surface area contributed by atoms with E-state index in [0.717, 1.165) is 5.56 Å². The van der Waals surface area contributed by atoms with Gasteiger partial charge in [0.15, 0.2) is 5.84 Å². The summed E-state index contributed by atoms with van der Waals surface area (Å²) in [5, 5.41) is 20.3. The SMILES string of the molecule is NC(=NO)c1cccc(CN(C(=O)Nc2ccc(-c3ccccc3S(N)(=O)=O)cc2)c2ccccc2)c1. The highest BCUT2D eigenvalue weighted by atomic mass is 32.2. The molecular formula is C27H25N5O4S. The zero-order valence-electron chi connectivity index (χ0n) is 19.7. The quantitative estimate of drug-likeness (QED) is 0.125. The van der Waals surface area contributed by atoms with Crippen molar-refractivity contribution < 1.29 is 18.4 Å². The number of carbonyl (C=O) groups is 1. The first-order valence-corrected chi connectivity index (χ1v) is 12.7. The van der Waals surface area contributed by atoms with E-state index in [1.54, 1.807) is 65.6 Å². The van der Waals surface area contributed by atoms with Crippen LogP contribution in [0.4, 0.5) is 16.2 Å². The second kappa shape index (κ2) is 10.9. The van der Waals surface area contributed by atoms with E-state index in [1.807, 2.05) is 36.4 Å². The van der Waals surface area contributed by atoms with Gasteiger partial charge in [-0.15, -0.1) is 0 Å². The molecule has 0 aliphatic carbocycles. The Labute approximate surface area is 214 Å². The molecule has 0 aliphatic heterocycles. The fraction of sp³-hybridized carbons (Fsp3) is 0.0370. The van der Waals surface area contributed by atoms with Crippen molar-refractivity contribution in [2.75, 3.05) is 10.2 Å². The van der Waals surface area contributed by atoms with Crippen molar-refractivity contribution >= 4 is 33.3 Å². The van der Waals surface area contributed by atoms with Gasteiger partial charge in [-0.05, 0) is 47.5 Å². The molecule has 4 aromatic rings. The molecule has 0 aliphatic rings. The third-order valence-electron chi connectivity index (χ3n) is 5.62. The fourth-order valence-electron chi connectivity index (χ4n) is 3.83. The number of amidine groups is 1. The summed E-state index contributed by atoms with van der Waals surface area (Å²) in [5.41, 5.74) is 9.34. The molecule has 0 atom stereocenters. The number of sulfonamides is 1. The van der Waals surface area contributed by atoms with Crippen LogP contribution < -0.4 is 21.1 Å². The summed E-state index contributed by atoms with van der Waals surface area (Å²) in [5.74, 6) is -0.0262. The molecule has 0 heterocycles. The zero-order valence-corrected chi connectivity index (χ0v) is 20.5. The number of urea groups is 1. The lowest BCUT2D eigenvalue weighted by Crippen LogP contribution is -2.34. The monoisotopic (exact) mass is 515 g/mol. The van der Waals surface area contributed by atoms with Crippen molar-refractivity contribution in [1.82, 2.24) is 0 Å². The van der Waals surface area contributed by atoms with Crippen LogP contribution in [0.15, 0.2) is 113 Å². The van der Waals surface area contributed by atoms with E-state index in [9.17, 15) is 13.2 Å². The molecule has 0 bridgehead atoms. The van der Waals surface area contributed by atoms with Crippen LogP contribution in [-0.2, 0) is 16.6 Å². The molecule has 37 heavy (non-hydrogen) atoms. The first-order valence-electron chi connectivity index (χ1n) is 11.2. The minimum absolute atomic E-state index is 0.0242. The van der Waals surface area contributed by atoms with Gasteiger partial charge in [-0.1, -0.05) is 71.9 Å². The van der Waals surface area contributed by atoms with E-state index in [2.05, 4.69) is 10.5 Å². The number of rotatable bonds is 7. The number of oxime groups is 1. The highest BCUT2D eigenvalue weighted by Crippen LogP contribution is 2.28. The number of para-hydroxylation sites is 1. The summed E-state index contributed by atoms with van der Waals surface area (Å²) < 4.78 is 23.9. The van der Waals surface area contributed by atoms with E-state index in [-0.39, 0.29) is 23.3 Å². The molecule has 0 aromatic heterocycles. The molecule has 0 spiro atoms. The second-order valence-electron chi connectivity index (χ2n) is 8.16. The van der Waals surface area contributed by atoms with E-state index in [1.165, 1.54) is 6.07 Å². The largest absolute Gasteiger partial charge is 0.409 e. The molecule has 4 rings (SSSR count). The number of nitrogens with one attached hydrogen (secondary N) is 1. The van der Waals surface area contributed by atoms with Crippen LogP contribution in [0.5, 0.6) is 0 Å². The van der Waals surface area contributed by atoms with Gasteiger partial charge in [0.2, 0.25) is 10.0 Å². The van der Waals surface area contributed by atoms with Crippen LogP contribution in [0.3, 0.4) is 0 Å². The highest BCUT2D eigenvalue weighted by molar-refractivity contribution is 7.89. The number of benzene rings is 4. The molecule has 0 saturated heterocycles. The van der Waals surface area contributed by atoms with Crippen LogP contribution in [0.2, 0.25) is 0 Å². The van der Waals surface area contributed by atoms with Crippen LogP contribution in [-0.4, -0.2) is 25.5 Å². The number of carbonyl (C=O) groups excluding carboxylic acids is 1. The first-order chi connectivity index (χ1) is 17.8. The average Bonchev–Trinajstić information content (AvgIpc) is 2.92. The maximum atomic E-state index is 13.4. The van der Waals surface area contributed by atoms with Crippen molar-refractivity contribution in [2.45, 2.75) is 11.4 Å². The molecule has 0 unspecified atom stereocenters. The molecule has 6 N–H and O–H groups in total. The van der Waals surface area contributed by atoms with E-state index >= 15 is 0 Å². The van der Waals surface area contributed by atoms with E-state index < -0.39 is 10.0 Å². The van der Waals surface area contributed by atoms with E-state index in [0.29, 0.717) is 28.1 Å². The fourth-order valence-corrected chi connectivity index (χ4v) is 4.60. The third kappa shape index (κ3) is 6.13. The normalized spacial score (nSPS) is 11.6. The maximum Gasteiger partial charge on any atom is 0.326 e. The van der Waals surface area contributed by atoms with Gasteiger partial charge >= 0.3 is 6.03 Å². The minimum Gasteiger partial charge on any atom is -0.409 e. The lowest BCUT2D eigenvalue weighted by Gasteiger charge is -2.24. The number of nitrogens with zero attached hydrogens (tertiary/aromatic N) is 2. The Hall–Kier alpha value is -4.67. The Kier molecular flexibility index (Phi) is 7.52. The molecule has 2 amide bonds. The van der Waals surface area contributed by atoms with Gasteiger partial charge in [0.05, 0.1) is 11.4 Å². The van der Waals surface area contributed by atoms with Gasteiger partial charge in [-0.25, -0.2) is 18.4 Å². The van der Waals surface area contributed by atoms with Crippen molar-refractivity contribution in [3.05, 3.63) is 114 Å². The van der Waals surface area contributed by atoms with Crippen LogP contribution in [0.1, 0.15) is 11.1 Å². The standard InChI is InChI=1S/C27H25N5O4S/c28-26(31-34)21-8-6-7-19(17-21)18-32(23-9-2-1-3-10-23)27(33)30-22-15-13-20(14-16-22)24-11-4-5-12-25(24)37(29,35)36/h1-17,34H,18H2,(H2,28,31)(H,30,33)(H2,29,35,36). The second-order valence-corrected chi connectivity index (χ2v) is 9.69. The van der Waals surface area contributed by atoms with Crippen LogP contribution in [0.25, 0.3) is 11.1 Å². The molecular weight excluding hydrogens is 490 g/mol. The topological polar surface area (TPSA) is 151 Å². The molecule has 188 valence electrons. The first kappa shape index (κ1) is 25.4. The Balaban J connectivity index is 1.59. The zero-order chi connectivity index (χ0) is 26.4. The number of nitrogens with two attached hydrogens (primary N) is 2. The number of anilines is 2. The number of hydrogen-bond acceptors (Lipinski definition) is 5. The third-order valence-corrected chi connectivity index (χ3v) is 6.59. The summed E-state index contributed by atoms with van der Waals surface area (Å²) >= 11 is 0. The molecule has 4 aromatic carbocycles. The predicted molar refractivity (Wildman–Crippen MR) is 144 cm³/mol. The summed E-state index contributed by atoms with van der Waals surface area (Å²) in [6.45, 7) is 0.224. The summed E-state index contributed by atoms with van der Waals surface area (Å²) in [6.07, 6.45) is 0. The summed E-state index contributed by atoms with van der Waals surface area (Å²) in [6, 6.07) is 29.1. The van der Waals surface area contributed by atoms with Gasteiger partial charge < -0.3 is 16.3 Å². The van der Waals surface area contributed by atoms with Crippen molar-refractivity contribution in [3.8, 4) is 11.1 Å². The van der Waals surface area contributed by atoms with Gasteiger partial charge in [0.1, 0.15) is 0 Å². The molecule has 0 fully saturated rings. The Morgan fingerprint density at radius 1 is 0.892 bits per heavy atom. The molecule has 9 nitrogen and oxygen atoms in total.